The van der Waals surface area contributed by atoms with E-state index >= 15 is 0 Å². The van der Waals surface area contributed by atoms with Crippen LogP contribution in [0.4, 0.5) is 5.69 Å². The van der Waals surface area contributed by atoms with Gasteiger partial charge < -0.3 is 19.5 Å². The van der Waals surface area contributed by atoms with Gasteiger partial charge in [0.05, 0.1) is 12.0 Å². The van der Waals surface area contributed by atoms with Gasteiger partial charge in [0.1, 0.15) is 11.8 Å². The Morgan fingerprint density at radius 2 is 1.73 bits per heavy atom. The van der Waals surface area contributed by atoms with E-state index in [2.05, 4.69) is 5.32 Å². The lowest BCUT2D eigenvalue weighted by molar-refractivity contribution is -0.120. The number of anilines is 1. The Hall–Kier alpha value is -3.56. The predicted molar refractivity (Wildman–Crippen MR) is 121 cm³/mol. The molecule has 3 aromatic rings. The number of ether oxygens (including phenoxy) is 3. The molecule has 1 atom stereocenters. The molecule has 9 heteroatoms. The van der Waals surface area contributed by atoms with Crippen molar-refractivity contribution in [2.24, 2.45) is 0 Å². The highest BCUT2D eigenvalue weighted by Gasteiger charge is 2.39. The Bertz CT molecular complexity index is 1310. The van der Waals surface area contributed by atoms with Crippen molar-refractivity contribution in [2.45, 2.75) is 23.9 Å². The van der Waals surface area contributed by atoms with E-state index in [1.54, 1.807) is 30.3 Å². The summed E-state index contributed by atoms with van der Waals surface area (Å²) >= 11 is 0. The number of hydrogen-bond donors (Lipinski definition) is 1. The van der Waals surface area contributed by atoms with Crippen LogP contribution in [0.5, 0.6) is 17.2 Å². The highest BCUT2D eigenvalue weighted by molar-refractivity contribution is 7.89. The molecular weight excluding hydrogens is 444 g/mol. The Kier molecular flexibility index (Phi) is 5.43. The van der Waals surface area contributed by atoms with Crippen LogP contribution in [0.3, 0.4) is 0 Å². The van der Waals surface area contributed by atoms with Crippen molar-refractivity contribution in [3.8, 4) is 17.2 Å². The van der Waals surface area contributed by atoms with Crippen LogP contribution in [-0.2, 0) is 27.8 Å². The number of hydrogen-bond acceptors (Lipinski definition) is 6. The minimum atomic E-state index is -3.95. The van der Waals surface area contributed by atoms with Crippen LogP contribution in [0, 0.1) is 0 Å². The number of carbonyl (C=O) groups excluding carboxylic acids is 1. The number of nitrogens with one attached hydrogen (secondary N) is 1. The summed E-state index contributed by atoms with van der Waals surface area (Å²) in [6.07, 6.45) is 0.266. The number of rotatable bonds is 5. The summed E-state index contributed by atoms with van der Waals surface area (Å²) in [5.74, 6) is 1.27. The zero-order chi connectivity index (χ0) is 23.0. The van der Waals surface area contributed by atoms with E-state index in [-0.39, 0.29) is 24.7 Å². The first kappa shape index (κ1) is 21.3. The van der Waals surface area contributed by atoms with Gasteiger partial charge in [0.2, 0.25) is 22.7 Å². The number of fused-ring (bicyclic) bond motifs is 2. The Morgan fingerprint density at radius 1 is 1.00 bits per heavy atom. The van der Waals surface area contributed by atoms with Gasteiger partial charge in [-0.25, -0.2) is 8.42 Å². The average Bonchev–Trinajstić information content (AvgIpc) is 3.31. The second-order valence-electron chi connectivity index (χ2n) is 7.77. The molecule has 2 heterocycles. The van der Waals surface area contributed by atoms with E-state index in [0.29, 0.717) is 22.9 Å². The van der Waals surface area contributed by atoms with Crippen LogP contribution in [-0.4, -0.2) is 38.6 Å². The fourth-order valence-electron chi connectivity index (χ4n) is 4.06. The van der Waals surface area contributed by atoms with E-state index in [1.807, 2.05) is 24.3 Å². The zero-order valence-corrected chi connectivity index (χ0v) is 18.7. The molecule has 0 bridgehead atoms. The van der Waals surface area contributed by atoms with E-state index in [0.717, 1.165) is 11.1 Å². The molecule has 0 fully saturated rings. The zero-order valence-electron chi connectivity index (χ0n) is 17.9. The lowest BCUT2D eigenvalue weighted by Gasteiger charge is -2.35. The molecule has 170 valence electrons. The number of amides is 1. The van der Waals surface area contributed by atoms with Crippen LogP contribution < -0.4 is 19.5 Å². The minimum Gasteiger partial charge on any atom is -0.497 e. The minimum absolute atomic E-state index is 0.101. The molecule has 33 heavy (non-hydrogen) atoms. The first-order valence-electron chi connectivity index (χ1n) is 10.4. The van der Waals surface area contributed by atoms with Crippen LogP contribution >= 0.6 is 0 Å². The summed E-state index contributed by atoms with van der Waals surface area (Å²) in [4.78, 5) is 13.5. The van der Waals surface area contributed by atoms with Gasteiger partial charge in [-0.1, -0.05) is 24.3 Å². The van der Waals surface area contributed by atoms with Gasteiger partial charge in [0.25, 0.3) is 0 Å². The van der Waals surface area contributed by atoms with Gasteiger partial charge in [-0.3, -0.25) is 4.79 Å². The molecule has 8 nitrogen and oxygen atoms in total. The molecule has 2 aliphatic rings. The number of carbonyl (C=O) groups is 1. The van der Waals surface area contributed by atoms with Crippen molar-refractivity contribution in [2.75, 3.05) is 19.2 Å². The molecular formula is C24H22N2O6S. The maximum absolute atomic E-state index is 13.6. The smallest absolute Gasteiger partial charge is 0.244 e. The molecule has 0 radical (unpaired) electrons. The summed E-state index contributed by atoms with van der Waals surface area (Å²) in [6, 6.07) is 17.9. The Labute approximate surface area is 191 Å². The number of methoxy groups -OCH3 is 1. The van der Waals surface area contributed by atoms with Crippen LogP contribution in [0.1, 0.15) is 11.1 Å². The largest absolute Gasteiger partial charge is 0.497 e. The van der Waals surface area contributed by atoms with Crippen molar-refractivity contribution in [1.29, 1.82) is 0 Å². The fraction of sp³-hybridized carbons (Fsp3) is 0.208. The normalized spacial score (nSPS) is 17.3. The highest BCUT2D eigenvalue weighted by Crippen LogP contribution is 2.35. The summed E-state index contributed by atoms with van der Waals surface area (Å²) in [6.45, 7) is 0.226. The van der Waals surface area contributed by atoms with E-state index in [4.69, 9.17) is 14.2 Å². The highest BCUT2D eigenvalue weighted by atomic mass is 32.2. The molecule has 0 unspecified atom stereocenters. The van der Waals surface area contributed by atoms with Crippen molar-refractivity contribution >= 4 is 21.6 Å². The van der Waals surface area contributed by atoms with Gasteiger partial charge in [-0.2, -0.15) is 4.31 Å². The van der Waals surface area contributed by atoms with Gasteiger partial charge in [0.15, 0.2) is 11.5 Å². The lowest BCUT2D eigenvalue weighted by atomic mass is 9.95. The molecule has 1 amide bonds. The lowest BCUT2D eigenvalue weighted by Crippen LogP contribution is -2.50. The summed E-state index contributed by atoms with van der Waals surface area (Å²) in [7, 11) is -2.44. The molecule has 0 spiro atoms. The second-order valence-corrected chi connectivity index (χ2v) is 9.66. The van der Waals surface area contributed by atoms with E-state index in [9.17, 15) is 13.2 Å². The third-order valence-corrected chi connectivity index (χ3v) is 7.68. The predicted octanol–water partition coefficient (Wildman–Crippen LogP) is 3.18. The molecule has 1 N–H and O–H groups in total. The van der Waals surface area contributed by atoms with E-state index < -0.39 is 22.0 Å². The SMILES string of the molecule is COc1ccc(S(=O)(=O)N2Cc3ccccc3C[C@H]2C(=O)Nc2ccc3c(c2)OCO3)cc1. The molecule has 0 aromatic heterocycles. The molecule has 2 aliphatic heterocycles. The molecule has 0 saturated heterocycles. The average molecular weight is 467 g/mol. The van der Waals surface area contributed by atoms with Crippen molar-refractivity contribution in [3.63, 3.8) is 0 Å². The number of benzene rings is 3. The standard InChI is InChI=1S/C24H22N2O6S/c1-30-19-7-9-20(10-8-19)33(28,29)26-14-17-5-3-2-4-16(17)12-21(26)24(27)25-18-6-11-22-23(13-18)32-15-31-22/h2-11,13,21H,12,14-15H2,1H3,(H,25,27)/t21-/m0/s1. The maximum atomic E-state index is 13.6. The van der Waals surface area contributed by atoms with Gasteiger partial charge in [-0.15, -0.1) is 0 Å². The molecule has 0 saturated carbocycles. The molecule has 0 aliphatic carbocycles. The molecule has 5 rings (SSSR count). The first-order valence-corrected chi connectivity index (χ1v) is 11.8. The van der Waals surface area contributed by atoms with Gasteiger partial charge in [0, 0.05) is 18.3 Å². The Morgan fingerprint density at radius 3 is 2.48 bits per heavy atom. The fourth-order valence-corrected chi connectivity index (χ4v) is 5.62. The number of sulfonamides is 1. The topological polar surface area (TPSA) is 94.2 Å². The van der Waals surface area contributed by atoms with Crippen molar-refractivity contribution in [1.82, 2.24) is 4.31 Å². The van der Waals surface area contributed by atoms with Crippen molar-refractivity contribution < 1.29 is 27.4 Å². The van der Waals surface area contributed by atoms with Crippen LogP contribution in [0.2, 0.25) is 0 Å². The quantitative estimate of drug-likeness (QED) is 0.621. The summed E-state index contributed by atoms with van der Waals surface area (Å²) in [5.41, 5.74) is 2.33. The third-order valence-electron chi connectivity index (χ3n) is 5.81. The first-order chi connectivity index (χ1) is 16.0. The summed E-state index contributed by atoms with van der Waals surface area (Å²) in [5, 5.41) is 2.84. The maximum Gasteiger partial charge on any atom is 0.244 e. The number of nitrogens with zero attached hydrogens (tertiary/aromatic N) is 1. The second kappa shape index (κ2) is 8.42. The monoisotopic (exact) mass is 466 g/mol. The van der Waals surface area contributed by atoms with Crippen LogP contribution in [0.15, 0.2) is 71.6 Å². The Balaban J connectivity index is 1.48. The van der Waals surface area contributed by atoms with Crippen LogP contribution in [0.25, 0.3) is 0 Å². The third kappa shape index (κ3) is 4.01. The summed E-state index contributed by atoms with van der Waals surface area (Å²) < 4.78 is 44.3. The van der Waals surface area contributed by atoms with Gasteiger partial charge in [-0.05, 0) is 53.9 Å². The van der Waals surface area contributed by atoms with Gasteiger partial charge >= 0.3 is 0 Å². The van der Waals surface area contributed by atoms with E-state index in [1.165, 1.54) is 23.5 Å². The molecule has 3 aromatic carbocycles. The van der Waals surface area contributed by atoms with Crippen molar-refractivity contribution in [3.05, 3.63) is 77.9 Å².